The van der Waals surface area contributed by atoms with Gasteiger partial charge in [0.1, 0.15) is 18.8 Å². The van der Waals surface area contributed by atoms with Gasteiger partial charge in [-0.05, 0) is 56.7 Å². The van der Waals surface area contributed by atoms with E-state index in [1.165, 1.54) is 0 Å². The lowest BCUT2D eigenvalue weighted by atomic mass is 10.0. The van der Waals surface area contributed by atoms with Crippen LogP contribution in [0.15, 0.2) is 91.0 Å². The standard InChI is InChI=1S/C47H63NO12/c1-32(28-48)45(51)60-40-27-42(47(58-35(40)4)56-33(2)23-24-43(49)55-31-38-20-12-7-13-21-38)59-44(50)22-14-15-25-52-46-41(54-30-37-18-10-6-11-19-37)26-39(34(3)57-46)53-29-36-16-8-5-9-17-36/h5-13,16-21,32-35,39-42,46-47H,14-15,22-31,48H2,1-4H3/t32?,33-,34?,35?,39?,40?,41+,42+,46?,47?/m1/s1. The number of esters is 3. The Bertz CT molecular complexity index is 1700. The molecule has 0 aromatic heterocycles. The Balaban J connectivity index is 1.10. The van der Waals surface area contributed by atoms with Gasteiger partial charge in [-0.15, -0.1) is 0 Å². The quantitative estimate of drug-likeness (QED) is 0.0594. The normalized spacial score (nSPS) is 25.1. The molecule has 13 heteroatoms. The van der Waals surface area contributed by atoms with E-state index in [2.05, 4.69) is 0 Å². The Morgan fingerprint density at radius 2 is 1.18 bits per heavy atom. The van der Waals surface area contributed by atoms with E-state index in [9.17, 15) is 14.4 Å². The van der Waals surface area contributed by atoms with Gasteiger partial charge in [0.2, 0.25) is 0 Å². The van der Waals surface area contributed by atoms with Gasteiger partial charge in [-0.2, -0.15) is 0 Å². The van der Waals surface area contributed by atoms with Crippen molar-refractivity contribution in [3.63, 3.8) is 0 Å². The lowest BCUT2D eigenvalue weighted by molar-refractivity contribution is -0.281. The summed E-state index contributed by atoms with van der Waals surface area (Å²) in [5.74, 6) is -1.76. The first-order valence-corrected chi connectivity index (χ1v) is 21.3. The molecule has 328 valence electrons. The first-order chi connectivity index (χ1) is 29.1. The average molecular weight is 834 g/mol. The lowest BCUT2D eigenvalue weighted by Gasteiger charge is -2.40. The number of unbranched alkanes of at least 4 members (excludes halogenated alkanes) is 1. The third kappa shape index (κ3) is 15.7. The summed E-state index contributed by atoms with van der Waals surface area (Å²) in [6.45, 7) is 8.79. The Morgan fingerprint density at radius 1 is 0.633 bits per heavy atom. The largest absolute Gasteiger partial charge is 0.461 e. The maximum atomic E-state index is 13.3. The van der Waals surface area contributed by atoms with E-state index in [1.54, 1.807) is 13.8 Å². The molecule has 0 radical (unpaired) electrons. The van der Waals surface area contributed by atoms with Crippen LogP contribution in [0.1, 0.15) is 89.3 Å². The summed E-state index contributed by atoms with van der Waals surface area (Å²) in [7, 11) is 0. The van der Waals surface area contributed by atoms with Gasteiger partial charge in [0.05, 0.1) is 43.5 Å². The van der Waals surface area contributed by atoms with E-state index < -0.39 is 54.9 Å². The molecule has 2 fully saturated rings. The summed E-state index contributed by atoms with van der Waals surface area (Å²) in [6.07, 6.45) is -2.41. The predicted octanol–water partition coefficient (Wildman–Crippen LogP) is 6.96. The summed E-state index contributed by atoms with van der Waals surface area (Å²) in [4.78, 5) is 38.4. The van der Waals surface area contributed by atoms with Crippen LogP contribution in [0, 0.1) is 5.92 Å². The van der Waals surface area contributed by atoms with Gasteiger partial charge in [0, 0.05) is 38.8 Å². The highest BCUT2D eigenvalue weighted by atomic mass is 16.7. The molecular formula is C47H63NO12. The van der Waals surface area contributed by atoms with Crippen LogP contribution in [-0.4, -0.2) is 86.4 Å². The van der Waals surface area contributed by atoms with Crippen LogP contribution >= 0.6 is 0 Å². The SMILES string of the molecule is CC(CN)C(=O)OC1C[C@H](OC(=O)CCCCOC2OC(C)C(OCc3ccccc3)C[C@@H]2OCc2ccccc2)C(O[C@H](C)CCC(=O)OCc2ccccc2)OC1C. The van der Waals surface area contributed by atoms with Gasteiger partial charge in [-0.3, -0.25) is 14.4 Å². The van der Waals surface area contributed by atoms with Gasteiger partial charge < -0.3 is 48.4 Å². The second-order valence-electron chi connectivity index (χ2n) is 15.7. The topological polar surface area (TPSA) is 160 Å². The summed E-state index contributed by atoms with van der Waals surface area (Å²) in [6, 6.07) is 29.4. The van der Waals surface area contributed by atoms with Crippen molar-refractivity contribution in [2.24, 2.45) is 11.7 Å². The molecule has 0 bridgehead atoms. The van der Waals surface area contributed by atoms with Gasteiger partial charge in [0.15, 0.2) is 18.7 Å². The van der Waals surface area contributed by atoms with Gasteiger partial charge in [-0.25, -0.2) is 0 Å². The van der Waals surface area contributed by atoms with Crippen LogP contribution in [-0.2, 0) is 76.8 Å². The molecule has 60 heavy (non-hydrogen) atoms. The highest BCUT2D eigenvalue weighted by Crippen LogP contribution is 2.30. The van der Waals surface area contributed by atoms with Crippen LogP contribution in [0.2, 0.25) is 0 Å². The maximum Gasteiger partial charge on any atom is 0.310 e. The fraction of sp³-hybridized carbons (Fsp3) is 0.553. The summed E-state index contributed by atoms with van der Waals surface area (Å²) in [5, 5.41) is 0. The van der Waals surface area contributed by atoms with Crippen molar-refractivity contribution in [2.75, 3.05) is 13.2 Å². The maximum absolute atomic E-state index is 13.3. The van der Waals surface area contributed by atoms with Gasteiger partial charge >= 0.3 is 17.9 Å². The van der Waals surface area contributed by atoms with Crippen molar-refractivity contribution in [1.29, 1.82) is 0 Å². The summed E-state index contributed by atoms with van der Waals surface area (Å²) < 4.78 is 54.7. The molecular weight excluding hydrogens is 771 g/mol. The lowest BCUT2D eigenvalue weighted by Crippen LogP contribution is -2.51. The fourth-order valence-corrected chi connectivity index (χ4v) is 6.84. The third-order valence-corrected chi connectivity index (χ3v) is 10.6. The van der Waals surface area contributed by atoms with Crippen LogP contribution in [0.25, 0.3) is 0 Å². The number of hydrogen-bond acceptors (Lipinski definition) is 13. The van der Waals surface area contributed by atoms with E-state index in [-0.39, 0.29) is 56.7 Å². The molecule has 3 aromatic carbocycles. The van der Waals surface area contributed by atoms with Crippen molar-refractivity contribution in [3.05, 3.63) is 108 Å². The molecule has 0 aliphatic carbocycles. The fourth-order valence-electron chi connectivity index (χ4n) is 6.84. The predicted molar refractivity (Wildman–Crippen MR) is 222 cm³/mol. The Hall–Kier alpha value is -4.21. The third-order valence-electron chi connectivity index (χ3n) is 10.6. The van der Waals surface area contributed by atoms with E-state index in [1.807, 2.05) is 105 Å². The number of ether oxygens (including phenoxy) is 9. The molecule has 5 rings (SSSR count). The molecule has 2 aliphatic heterocycles. The Kier molecular flexibility index (Phi) is 19.4. The molecule has 0 spiro atoms. The molecule has 3 aromatic rings. The monoisotopic (exact) mass is 833 g/mol. The minimum atomic E-state index is -0.941. The zero-order chi connectivity index (χ0) is 42.7. The first kappa shape index (κ1) is 46.8. The number of rotatable bonds is 23. The molecule has 10 atom stereocenters. The zero-order valence-corrected chi connectivity index (χ0v) is 35.4. The number of carbonyl (C=O) groups excluding carboxylic acids is 3. The van der Waals surface area contributed by atoms with E-state index in [0.717, 1.165) is 16.7 Å². The number of carbonyl (C=O) groups is 3. The smallest absolute Gasteiger partial charge is 0.310 e. The molecule has 2 saturated heterocycles. The molecule has 13 nitrogen and oxygen atoms in total. The molecule has 0 amide bonds. The van der Waals surface area contributed by atoms with Crippen LogP contribution in [0.4, 0.5) is 0 Å². The highest BCUT2D eigenvalue weighted by molar-refractivity contribution is 5.72. The number of hydrogen-bond donors (Lipinski definition) is 1. The van der Waals surface area contributed by atoms with Crippen molar-refractivity contribution < 1.29 is 57.0 Å². The van der Waals surface area contributed by atoms with Gasteiger partial charge in [0.25, 0.3) is 0 Å². The minimum Gasteiger partial charge on any atom is -0.461 e. The Morgan fingerprint density at radius 3 is 1.80 bits per heavy atom. The second kappa shape index (κ2) is 24.9. The van der Waals surface area contributed by atoms with Crippen LogP contribution in [0.5, 0.6) is 0 Å². The van der Waals surface area contributed by atoms with E-state index >= 15 is 0 Å². The van der Waals surface area contributed by atoms with Crippen molar-refractivity contribution in [3.8, 4) is 0 Å². The molecule has 2 N–H and O–H groups in total. The first-order valence-electron chi connectivity index (χ1n) is 21.3. The number of benzene rings is 3. The molecule has 2 aliphatic rings. The Labute approximate surface area is 354 Å². The second-order valence-corrected chi connectivity index (χ2v) is 15.7. The zero-order valence-electron chi connectivity index (χ0n) is 35.4. The van der Waals surface area contributed by atoms with Crippen LogP contribution < -0.4 is 5.73 Å². The molecule has 2 heterocycles. The van der Waals surface area contributed by atoms with E-state index in [4.69, 9.17) is 48.4 Å². The van der Waals surface area contributed by atoms with Gasteiger partial charge in [-0.1, -0.05) is 97.9 Å². The average Bonchev–Trinajstić information content (AvgIpc) is 3.26. The summed E-state index contributed by atoms with van der Waals surface area (Å²) >= 11 is 0. The highest BCUT2D eigenvalue weighted by Gasteiger charge is 2.42. The van der Waals surface area contributed by atoms with E-state index in [0.29, 0.717) is 45.5 Å². The van der Waals surface area contributed by atoms with Crippen molar-refractivity contribution >= 4 is 17.9 Å². The molecule has 7 unspecified atom stereocenters. The number of nitrogens with two attached hydrogens (primary N) is 1. The minimum absolute atomic E-state index is 0.116. The van der Waals surface area contributed by atoms with Crippen molar-refractivity contribution in [2.45, 2.75) is 148 Å². The molecule has 0 saturated carbocycles. The summed E-state index contributed by atoms with van der Waals surface area (Å²) in [5.41, 5.74) is 8.72. The van der Waals surface area contributed by atoms with Crippen LogP contribution in [0.3, 0.4) is 0 Å². The van der Waals surface area contributed by atoms with Crippen molar-refractivity contribution in [1.82, 2.24) is 0 Å².